The molecule has 1 aromatic carbocycles. The Morgan fingerprint density at radius 3 is 2.46 bits per heavy atom. The van der Waals surface area contributed by atoms with Gasteiger partial charge in [-0.2, -0.15) is 4.31 Å². The molecule has 124 valence electrons. The number of hydrogen-bond acceptors (Lipinski definition) is 6. The van der Waals surface area contributed by atoms with Gasteiger partial charge in [0.25, 0.3) is 0 Å². The van der Waals surface area contributed by atoms with E-state index >= 15 is 0 Å². The summed E-state index contributed by atoms with van der Waals surface area (Å²) in [6.45, 7) is 2.15. The molecule has 0 amide bonds. The number of piperazine rings is 1. The summed E-state index contributed by atoms with van der Waals surface area (Å²) in [6.07, 6.45) is 1.57. The predicted octanol–water partition coefficient (Wildman–Crippen LogP) is 2.20. The molecule has 1 aliphatic heterocycles. The van der Waals surface area contributed by atoms with Gasteiger partial charge in [-0.1, -0.05) is 18.2 Å². The molecule has 0 saturated carbocycles. The van der Waals surface area contributed by atoms with Crippen molar-refractivity contribution < 1.29 is 8.42 Å². The Morgan fingerprint density at radius 2 is 1.71 bits per heavy atom. The number of rotatable bonds is 3. The summed E-state index contributed by atoms with van der Waals surface area (Å²) in [5.74, 6) is 0.895. The molecule has 3 aromatic rings. The van der Waals surface area contributed by atoms with E-state index in [1.807, 2.05) is 17.5 Å². The minimum Gasteiger partial charge on any atom is -0.353 e. The van der Waals surface area contributed by atoms with Crippen LogP contribution in [0, 0.1) is 0 Å². The standard InChI is InChI=1S/C16H16N4O2S2/c21-24(22,13-4-2-1-3-5-13)20-9-7-19(8-10-20)16-15-14(6-11-23-15)17-12-18-16/h1-6,11-12H,7-10H2. The fourth-order valence-electron chi connectivity index (χ4n) is 2.88. The highest BCUT2D eigenvalue weighted by molar-refractivity contribution is 7.89. The Kier molecular flexibility index (Phi) is 3.95. The zero-order chi connectivity index (χ0) is 16.6. The number of benzene rings is 1. The van der Waals surface area contributed by atoms with E-state index in [4.69, 9.17) is 0 Å². The van der Waals surface area contributed by atoms with Crippen LogP contribution in [-0.2, 0) is 10.0 Å². The fourth-order valence-corrected chi connectivity index (χ4v) is 5.19. The Balaban J connectivity index is 1.54. The molecule has 3 heterocycles. The highest BCUT2D eigenvalue weighted by Crippen LogP contribution is 2.29. The molecule has 24 heavy (non-hydrogen) atoms. The van der Waals surface area contributed by atoms with Gasteiger partial charge in [0.05, 0.1) is 15.1 Å². The number of sulfonamides is 1. The third kappa shape index (κ3) is 2.66. The van der Waals surface area contributed by atoms with Crippen molar-refractivity contribution in [3.63, 3.8) is 0 Å². The van der Waals surface area contributed by atoms with E-state index in [1.165, 1.54) is 0 Å². The van der Waals surface area contributed by atoms with E-state index in [-0.39, 0.29) is 0 Å². The van der Waals surface area contributed by atoms with E-state index in [9.17, 15) is 8.42 Å². The minimum absolute atomic E-state index is 0.348. The van der Waals surface area contributed by atoms with Crippen LogP contribution in [0.5, 0.6) is 0 Å². The fraction of sp³-hybridized carbons (Fsp3) is 0.250. The average Bonchev–Trinajstić information content (AvgIpc) is 3.11. The van der Waals surface area contributed by atoms with Crippen LogP contribution < -0.4 is 4.90 Å². The van der Waals surface area contributed by atoms with E-state index in [0.29, 0.717) is 31.1 Å². The van der Waals surface area contributed by atoms with Crippen LogP contribution in [0.1, 0.15) is 0 Å². The molecule has 0 bridgehead atoms. The number of thiophene rings is 1. The predicted molar refractivity (Wildman–Crippen MR) is 94.8 cm³/mol. The summed E-state index contributed by atoms with van der Waals surface area (Å²) in [4.78, 5) is 11.1. The second-order valence-corrected chi connectivity index (χ2v) is 8.39. The smallest absolute Gasteiger partial charge is 0.243 e. The van der Waals surface area contributed by atoms with Crippen molar-refractivity contribution in [2.45, 2.75) is 4.90 Å². The second kappa shape index (κ2) is 6.12. The molecule has 0 N–H and O–H groups in total. The largest absolute Gasteiger partial charge is 0.353 e. The molecule has 4 rings (SSSR count). The van der Waals surface area contributed by atoms with Crippen LogP contribution in [0.4, 0.5) is 5.82 Å². The number of fused-ring (bicyclic) bond motifs is 1. The van der Waals surface area contributed by atoms with Crippen molar-refractivity contribution in [3.05, 3.63) is 48.1 Å². The number of anilines is 1. The van der Waals surface area contributed by atoms with Gasteiger partial charge >= 0.3 is 0 Å². The maximum atomic E-state index is 12.7. The summed E-state index contributed by atoms with van der Waals surface area (Å²) in [6, 6.07) is 10.6. The lowest BCUT2D eigenvalue weighted by Gasteiger charge is -2.34. The quantitative estimate of drug-likeness (QED) is 0.716. The first-order valence-corrected chi connectivity index (χ1v) is 9.96. The van der Waals surface area contributed by atoms with Gasteiger partial charge in [0, 0.05) is 26.2 Å². The Morgan fingerprint density at radius 1 is 0.958 bits per heavy atom. The minimum atomic E-state index is -3.42. The first-order valence-electron chi connectivity index (χ1n) is 7.64. The molecular formula is C16H16N4O2S2. The van der Waals surface area contributed by atoms with Crippen LogP contribution in [0.3, 0.4) is 0 Å². The van der Waals surface area contributed by atoms with Gasteiger partial charge in [0.2, 0.25) is 10.0 Å². The van der Waals surface area contributed by atoms with E-state index < -0.39 is 10.0 Å². The van der Waals surface area contributed by atoms with Crippen molar-refractivity contribution in [2.75, 3.05) is 31.1 Å². The van der Waals surface area contributed by atoms with Crippen LogP contribution in [0.2, 0.25) is 0 Å². The van der Waals surface area contributed by atoms with Gasteiger partial charge in [-0.25, -0.2) is 18.4 Å². The first-order chi connectivity index (χ1) is 11.7. The molecular weight excluding hydrogens is 344 g/mol. The van der Waals surface area contributed by atoms with Crippen LogP contribution in [0.15, 0.2) is 53.0 Å². The van der Waals surface area contributed by atoms with Crippen molar-refractivity contribution in [3.8, 4) is 0 Å². The Bertz CT molecular complexity index is 948. The number of nitrogens with zero attached hydrogens (tertiary/aromatic N) is 4. The molecule has 1 saturated heterocycles. The number of aromatic nitrogens is 2. The molecule has 0 aliphatic carbocycles. The van der Waals surface area contributed by atoms with E-state index in [1.54, 1.807) is 46.2 Å². The van der Waals surface area contributed by atoms with Gasteiger partial charge in [-0.15, -0.1) is 11.3 Å². The van der Waals surface area contributed by atoms with Crippen LogP contribution in [-0.4, -0.2) is 48.9 Å². The third-order valence-electron chi connectivity index (χ3n) is 4.14. The highest BCUT2D eigenvalue weighted by atomic mass is 32.2. The topological polar surface area (TPSA) is 66.4 Å². The van der Waals surface area contributed by atoms with Crippen LogP contribution >= 0.6 is 11.3 Å². The zero-order valence-corrected chi connectivity index (χ0v) is 14.5. The molecule has 1 fully saturated rings. The molecule has 0 spiro atoms. The summed E-state index contributed by atoms with van der Waals surface area (Å²) in [5.41, 5.74) is 0.935. The van der Waals surface area contributed by atoms with Crippen molar-refractivity contribution >= 4 is 37.4 Å². The Hall–Kier alpha value is -2.03. The van der Waals surface area contributed by atoms with Gasteiger partial charge < -0.3 is 4.90 Å². The molecule has 0 atom stereocenters. The highest BCUT2D eigenvalue weighted by Gasteiger charge is 2.29. The summed E-state index contributed by atoms with van der Waals surface area (Å²) >= 11 is 1.61. The molecule has 1 aliphatic rings. The monoisotopic (exact) mass is 360 g/mol. The second-order valence-electron chi connectivity index (χ2n) is 5.54. The van der Waals surface area contributed by atoms with E-state index in [2.05, 4.69) is 14.9 Å². The van der Waals surface area contributed by atoms with Gasteiger partial charge in [-0.05, 0) is 23.6 Å². The zero-order valence-electron chi connectivity index (χ0n) is 12.9. The maximum Gasteiger partial charge on any atom is 0.243 e. The van der Waals surface area contributed by atoms with Crippen molar-refractivity contribution in [1.29, 1.82) is 0 Å². The van der Waals surface area contributed by atoms with Crippen LogP contribution in [0.25, 0.3) is 10.2 Å². The summed E-state index contributed by atoms with van der Waals surface area (Å²) < 4.78 is 28.0. The normalized spacial score (nSPS) is 16.6. The Labute approximate surface area is 144 Å². The third-order valence-corrected chi connectivity index (χ3v) is 6.96. The molecule has 2 aromatic heterocycles. The lowest BCUT2D eigenvalue weighted by atomic mass is 10.3. The van der Waals surface area contributed by atoms with Crippen molar-refractivity contribution in [2.24, 2.45) is 0 Å². The van der Waals surface area contributed by atoms with E-state index in [0.717, 1.165) is 16.0 Å². The molecule has 0 unspecified atom stereocenters. The number of hydrogen-bond donors (Lipinski definition) is 0. The average molecular weight is 360 g/mol. The molecule has 8 heteroatoms. The van der Waals surface area contributed by atoms with Gasteiger partial charge in [0.1, 0.15) is 12.1 Å². The molecule has 6 nitrogen and oxygen atoms in total. The lowest BCUT2D eigenvalue weighted by molar-refractivity contribution is 0.384. The maximum absolute atomic E-state index is 12.7. The first kappa shape index (κ1) is 15.5. The van der Waals surface area contributed by atoms with Gasteiger partial charge in [-0.3, -0.25) is 0 Å². The SMILES string of the molecule is O=S(=O)(c1ccccc1)N1CCN(c2ncnc3ccsc23)CC1. The van der Waals surface area contributed by atoms with Gasteiger partial charge in [0.15, 0.2) is 0 Å². The summed E-state index contributed by atoms with van der Waals surface area (Å²) in [5, 5.41) is 2.00. The lowest BCUT2D eigenvalue weighted by Crippen LogP contribution is -2.48. The molecule has 0 radical (unpaired) electrons. The van der Waals surface area contributed by atoms with Crippen molar-refractivity contribution in [1.82, 2.24) is 14.3 Å². The summed E-state index contributed by atoms with van der Waals surface area (Å²) in [7, 11) is -3.42.